The maximum atomic E-state index is 4.43. The molecule has 2 atom stereocenters. The summed E-state index contributed by atoms with van der Waals surface area (Å²) in [5.41, 5.74) is 1.42. The molecule has 114 valence electrons. The lowest BCUT2D eigenvalue weighted by atomic mass is 10.0. The third-order valence-electron chi connectivity index (χ3n) is 3.85. The zero-order valence-corrected chi connectivity index (χ0v) is 15.8. The Kier molecular flexibility index (Phi) is 7.87. The summed E-state index contributed by atoms with van der Waals surface area (Å²) in [5.74, 6) is 2.38. The summed E-state index contributed by atoms with van der Waals surface area (Å²) in [6.45, 7) is 7.81. The maximum absolute atomic E-state index is 4.43. The van der Waals surface area contributed by atoms with Crippen LogP contribution in [0.2, 0.25) is 0 Å². The third kappa shape index (κ3) is 4.91. The Morgan fingerprint density at radius 3 is 3.00 bits per heavy atom. The average molecular weight is 407 g/mol. The van der Waals surface area contributed by atoms with E-state index in [9.17, 15) is 0 Å². The normalized spacial score (nSPS) is 21.2. The van der Waals surface area contributed by atoms with E-state index in [1.165, 1.54) is 18.4 Å². The molecule has 20 heavy (non-hydrogen) atoms. The fraction of sp³-hybridized carbons (Fsp3) is 0.667. The molecule has 1 aliphatic heterocycles. The molecule has 5 heteroatoms. The minimum Gasteiger partial charge on any atom is -0.356 e. The Morgan fingerprint density at radius 1 is 1.60 bits per heavy atom. The number of piperidine rings is 1. The van der Waals surface area contributed by atoms with Crippen LogP contribution in [0.4, 0.5) is 0 Å². The van der Waals surface area contributed by atoms with Gasteiger partial charge >= 0.3 is 0 Å². The van der Waals surface area contributed by atoms with Crippen LogP contribution in [0.1, 0.15) is 38.2 Å². The third-order valence-corrected chi connectivity index (χ3v) is 4.55. The van der Waals surface area contributed by atoms with Crippen molar-refractivity contribution in [1.82, 2.24) is 10.2 Å². The SMILES string of the molecule is CN=C(NCC(C)c1ccsc1)N1CCCC(C)C1.I. The molecule has 0 saturated carbocycles. The minimum atomic E-state index is 0. The minimum absolute atomic E-state index is 0. The average Bonchev–Trinajstić information content (AvgIpc) is 2.93. The van der Waals surface area contributed by atoms with Gasteiger partial charge in [-0.1, -0.05) is 13.8 Å². The number of likely N-dealkylation sites (tertiary alicyclic amines) is 1. The molecule has 0 radical (unpaired) electrons. The molecule has 3 nitrogen and oxygen atoms in total. The van der Waals surface area contributed by atoms with E-state index in [2.05, 4.69) is 45.9 Å². The number of guanidine groups is 1. The summed E-state index contributed by atoms with van der Waals surface area (Å²) in [5, 5.41) is 7.91. The molecule has 2 rings (SSSR count). The number of thiophene rings is 1. The fourth-order valence-corrected chi connectivity index (χ4v) is 3.41. The molecule has 0 amide bonds. The highest BCUT2D eigenvalue weighted by Gasteiger charge is 2.19. The molecule has 1 N–H and O–H groups in total. The predicted molar refractivity (Wildman–Crippen MR) is 99.5 cm³/mol. The summed E-state index contributed by atoms with van der Waals surface area (Å²) >= 11 is 1.77. The highest BCUT2D eigenvalue weighted by Crippen LogP contribution is 2.18. The van der Waals surface area contributed by atoms with E-state index >= 15 is 0 Å². The van der Waals surface area contributed by atoms with Gasteiger partial charge in [-0.25, -0.2) is 0 Å². The molecule has 0 spiro atoms. The number of rotatable bonds is 3. The van der Waals surface area contributed by atoms with Crippen molar-refractivity contribution in [2.45, 2.75) is 32.6 Å². The molecular formula is C15H26IN3S. The Morgan fingerprint density at radius 2 is 2.40 bits per heavy atom. The summed E-state index contributed by atoms with van der Waals surface area (Å²) in [6.07, 6.45) is 2.63. The molecule has 1 saturated heterocycles. The van der Waals surface area contributed by atoms with E-state index in [1.807, 2.05) is 7.05 Å². The van der Waals surface area contributed by atoms with Gasteiger partial charge < -0.3 is 10.2 Å². The van der Waals surface area contributed by atoms with Crippen LogP contribution in [0.3, 0.4) is 0 Å². The van der Waals surface area contributed by atoms with Gasteiger partial charge in [-0.05, 0) is 47.1 Å². The first kappa shape index (κ1) is 17.8. The second-order valence-corrected chi connectivity index (χ2v) is 6.36. The van der Waals surface area contributed by atoms with Crippen LogP contribution in [0.15, 0.2) is 21.8 Å². The number of nitrogens with one attached hydrogen (secondary N) is 1. The van der Waals surface area contributed by atoms with Crippen LogP contribution in [0, 0.1) is 5.92 Å². The number of hydrogen-bond donors (Lipinski definition) is 1. The highest BCUT2D eigenvalue weighted by molar-refractivity contribution is 14.0. The molecule has 1 aromatic rings. The van der Waals surface area contributed by atoms with Crippen molar-refractivity contribution in [2.75, 3.05) is 26.7 Å². The summed E-state index contributed by atoms with van der Waals surface area (Å²) in [4.78, 5) is 6.83. The zero-order chi connectivity index (χ0) is 13.7. The number of hydrogen-bond acceptors (Lipinski definition) is 2. The van der Waals surface area contributed by atoms with E-state index in [1.54, 1.807) is 11.3 Å². The van der Waals surface area contributed by atoms with Gasteiger partial charge in [0.2, 0.25) is 0 Å². The molecule has 0 bridgehead atoms. The van der Waals surface area contributed by atoms with Crippen molar-refractivity contribution in [3.8, 4) is 0 Å². The molecule has 1 fully saturated rings. The summed E-state index contributed by atoms with van der Waals surface area (Å²) in [7, 11) is 1.89. The molecule has 1 aromatic heterocycles. The van der Waals surface area contributed by atoms with Gasteiger partial charge in [-0.3, -0.25) is 4.99 Å². The van der Waals surface area contributed by atoms with Gasteiger partial charge in [0.1, 0.15) is 0 Å². The Balaban J connectivity index is 0.00000200. The quantitative estimate of drug-likeness (QED) is 0.469. The lowest BCUT2D eigenvalue weighted by Gasteiger charge is -2.33. The van der Waals surface area contributed by atoms with Crippen LogP contribution in [0.5, 0.6) is 0 Å². The van der Waals surface area contributed by atoms with E-state index in [0.29, 0.717) is 5.92 Å². The Hall–Kier alpha value is -0.300. The largest absolute Gasteiger partial charge is 0.356 e. The number of nitrogens with zero attached hydrogens (tertiary/aromatic N) is 2. The predicted octanol–water partition coefficient (Wildman–Crippen LogP) is 3.78. The van der Waals surface area contributed by atoms with Gasteiger partial charge in [0, 0.05) is 26.7 Å². The molecular weight excluding hydrogens is 381 g/mol. The van der Waals surface area contributed by atoms with Gasteiger partial charge in [0.05, 0.1) is 0 Å². The second kappa shape index (κ2) is 8.87. The van der Waals surface area contributed by atoms with E-state index in [4.69, 9.17) is 0 Å². The summed E-state index contributed by atoms with van der Waals surface area (Å²) < 4.78 is 0. The van der Waals surface area contributed by atoms with Crippen molar-refractivity contribution >= 4 is 41.3 Å². The van der Waals surface area contributed by atoms with Gasteiger partial charge in [0.25, 0.3) is 0 Å². The molecule has 0 aliphatic carbocycles. The van der Waals surface area contributed by atoms with Gasteiger partial charge in [0.15, 0.2) is 5.96 Å². The number of aliphatic imine (C=N–C) groups is 1. The zero-order valence-electron chi connectivity index (χ0n) is 12.6. The van der Waals surface area contributed by atoms with Crippen molar-refractivity contribution < 1.29 is 0 Å². The van der Waals surface area contributed by atoms with E-state index < -0.39 is 0 Å². The lowest BCUT2D eigenvalue weighted by Crippen LogP contribution is -2.46. The van der Waals surface area contributed by atoms with Crippen molar-refractivity contribution in [3.05, 3.63) is 22.4 Å². The van der Waals surface area contributed by atoms with Crippen molar-refractivity contribution in [2.24, 2.45) is 10.9 Å². The molecule has 0 aromatic carbocycles. The van der Waals surface area contributed by atoms with Gasteiger partial charge in [-0.2, -0.15) is 11.3 Å². The van der Waals surface area contributed by atoms with Crippen LogP contribution >= 0.6 is 35.3 Å². The first-order chi connectivity index (χ1) is 9.20. The second-order valence-electron chi connectivity index (χ2n) is 5.58. The van der Waals surface area contributed by atoms with Crippen LogP contribution in [0.25, 0.3) is 0 Å². The van der Waals surface area contributed by atoms with Crippen LogP contribution < -0.4 is 5.32 Å². The van der Waals surface area contributed by atoms with Crippen molar-refractivity contribution in [3.63, 3.8) is 0 Å². The Labute approximate surface area is 143 Å². The molecule has 2 unspecified atom stereocenters. The summed E-state index contributed by atoms with van der Waals surface area (Å²) in [6, 6.07) is 2.21. The van der Waals surface area contributed by atoms with Crippen molar-refractivity contribution in [1.29, 1.82) is 0 Å². The smallest absolute Gasteiger partial charge is 0.193 e. The first-order valence-electron chi connectivity index (χ1n) is 7.18. The first-order valence-corrected chi connectivity index (χ1v) is 8.12. The molecule has 2 heterocycles. The topological polar surface area (TPSA) is 27.6 Å². The van der Waals surface area contributed by atoms with Gasteiger partial charge in [-0.15, -0.1) is 24.0 Å². The fourth-order valence-electron chi connectivity index (χ4n) is 2.63. The van der Waals surface area contributed by atoms with Crippen LogP contribution in [-0.2, 0) is 0 Å². The number of halogens is 1. The van der Waals surface area contributed by atoms with E-state index in [-0.39, 0.29) is 24.0 Å². The lowest BCUT2D eigenvalue weighted by molar-refractivity contribution is 0.266. The molecule has 1 aliphatic rings. The van der Waals surface area contributed by atoms with E-state index in [0.717, 1.165) is 31.5 Å². The van der Waals surface area contributed by atoms with Crippen LogP contribution in [-0.4, -0.2) is 37.5 Å². The monoisotopic (exact) mass is 407 g/mol. The highest BCUT2D eigenvalue weighted by atomic mass is 127. The maximum Gasteiger partial charge on any atom is 0.193 e. The standard InChI is InChI=1S/C15H25N3S.HI/c1-12-5-4-7-18(10-12)15(16-3)17-9-13(2)14-6-8-19-11-14;/h6,8,11-13H,4-5,7,9-10H2,1-3H3,(H,16,17);1H. The Bertz CT molecular complexity index is 405.